The number of allylic oxidation sites excluding steroid dienone is 2. The zero-order valence-electron chi connectivity index (χ0n) is 15.9. The van der Waals surface area contributed by atoms with E-state index in [0.717, 1.165) is 38.0 Å². The van der Waals surface area contributed by atoms with E-state index in [1.165, 1.54) is 31.3 Å². The highest BCUT2D eigenvalue weighted by atomic mass is 35.5. The smallest absolute Gasteiger partial charge is 0.0418 e. The van der Waals surface area contributed by atoms with Crippen LogP contribution < -0.4 is 0 Å². The molecule has 3 heteroatoms. The second-order valence-electron chi connectivity index (χ2n) is 8.08. The number of hydrogen-bond donors (Lipinski definition) is 0. The second-order valence-corrected chi connectivity index (χ2v) is 10.3. The molecule has 2 unspecified atom stereocenters. The van der Waals surface area contributed by atoms with E-state index in [1.807, 2.05) is 0 Å². The molecular formula is C20H37Cl3. The Morgan fingerprint density at radius 1 is 0.957 bits per heavy atom. The van der Waals surface area contributed by atoms with Crippen LogP contribution in [0, 0.1) is 5.92 Å². The molecule has 0 N–H and O–H groups in total. The molecule has 0 aromatic heterocycles. The number of alkyl halides is 3. The van der Waals surface area contributed by atoms with Crippen molar-refractivity contribution < 1.29 is 0 Å². The van der Waals surface area contributed by atoms with Crippen molar-refractivity contribution in [1.82, 2.24) is 0 Å². The first-order valence-corrected chi connectivity index (χ1v) is 10.4. The van der Waals surface area contributed by atoms with Gasteiger partial charge in [-0.15, -0.1) is 34.8 Å². The largest absolute Gasteiger partial charge is 0.122 e. The van der Waals surface area contributed by atoms with Crippen LogP contribution in [0.3, 0.4) is 0 Å². The van der Waals surface area contributed by atoms with Gasteiger partial charge in [-0.05, 0) is 65.7 Å². The molecule has 0 rings (SSSR count). The molecular weight excluding hydrogens is 347 g/mol. The summed E-state index contributed by atoms with van der Waals surface area (Å²) in [7, 11) is 0. The molecule has 0 saturated carbocycles. The second kappa shape index (κ2) is 12.0. The topological polar surface area (TPSA) is 0 Å². The van der Waals surface area contributed by atoms with Crippen molar-refractivity contribution in [2.24, 2.45) is 5.92 Å². The van der Waals surface area contributed by atoms with Crippen molar-refractivity contribution in [2.45, 2.75) is 102 Å². The zero-order valence-corrected chi connectivity index (χ0v) is 18.1. The van der Waals surface area contributed by atoms with Crippen LogP contribution in [0.1, 0.15) is 92.4 Å². The van der Waals surface area contributed by atoms with E-state index in [1.54, 1.807) is 0 Å². The quantitative estimate of drug-likeness (QED) is 0.221. The van der Waals surface area contributed by atoms with Crippen LogP contribution in [0.4, 0.5) is 0 Å². The molecule has 0 aromatic carbocycles. The Hall–Kier alpha value is 0.610. The van der Waals surface area contributed by atoms with Gasteiger partial charge in [0.2, 0.25) is 0 Å². The Kier molecular flexibility index (Phi) is 12.4. The highest BCUT2D eigenvalue weighted by molar-refractivity contribution is 6.23. The molecule has 0 aliphatic heterocycles. The summed E-state index contributed by atoms with van der Waals surface area (Å²) in [6.45, 7) is 10.9. The Bertz CT molecular complexity index is 326. The first-order chi connectivity index (χ1) is 10.6. The van der Waals surface area contributed by atoms with Crippen LogP contribution in [-0.4, -0.2) is 15.6 Å². The molecule has 0 aliphatic rings. The summed E-state index contributed by atoms with van der Waals surface area (Å²) in [5.41, 5.74) is 1.38. The average molecular weight is 384 g/mol. The lowest BCUT2D eigenvalue weighted by atomic mass is 9.91. The zero-order chi connectivity index (χ0) is 17.9. The van der Waals surface area contributed by atoms with Crippen molar-refractivity contribution in [3.63, 3.8) is 0 Å². The molecule has 23 heavy (non-hydrogen) atoms. The standard InChI is InChI=1S/C20H37Cl3/c1-17(9-6-13-19(3,4)22)10-7-14-20(5,23)15-8-11-18(2)12-16-21/h12,17H,6-11,13-16H2,1-5H3. The molecule has 138 valence electrons. The molecule has 0 amide bonds. The van der Waals surface area contributed by atoms with Crippen LogP contribution in [0.2, 0.25) is 0 Å². The van der Waals surface area contributed by atoms with Crippen LogP contribution in [0.5, 0.6) is 0 Å². The molecule has 0 bridgehead atoms. The van der Waals surface area contributed by atoms with E-state index in [0.29, 0.717) is 5.88 Å². The maximum Gasteiger partial charge on any atom is 0.0418 e. The van der Waals surface area contributed by atoms with Gasteiger partial charge in [0.25, 0.3) is 0 Å². The lowest BCUT2D eigenvalue weighted by Crippen LogP contribution is -2.16. The summed E-state index contributed by atoms with van der Waals surface area (Å²) in [5.74, 6) is 1.39. The number of rotatable bonds is 13. The van der Waals surface area contributed by atoms with Crippen molar-refractivity contribution in [2.75, 3.05) is 5.88 Å². The van der Waals surface area contributed by atoms with E-state index in [4.69, 9.17) is 34.8 Å². The van der Waals surface area contributed by atoms with Crippen molar-refractivity contribution in [1.29, 1.82) is 0 Å². The summed E-state index contributed by atoms with van der Waals surface area (Å²) in [6, 6.07) is 0. The summed E-state index contributed by atoms with van der Waals surface area (Å²) in [5, 5.41) is 0. The third-order valence-corrected chi connectivity index (χ3v) is 5.28. The average Bonchev–Trinajstić information content (AvgIpc) is 2.36. The van der Waals surface area contributed by atoms with Crippen molar-refractivity contribution >= 4 is 34.8 Å². The van der Waals surface area contributed by atoms with E-state index in [-0.39, 0.29) is 9.75 Å². The van der Waals surface area contributed by atoms with Crippen LogP contribution in [0.15, 0.2) is 11.6 Å². The van der Waals surface area contributed by atoms with Crippen LogP contribution in [0.25, 0.3) is 0 Å². The maximum atomic E-state index is 6.68. The molecule has 0 nitrogen and oxygen atoms in total. The monoisotopic (exact) mass is 382 g/mol. The maximum absolute atomic E-state index is 6.68. The molecule has 0 saturated heterocycles. The number of hydrogen-bond acceptors (Lipinski definition) is 0. The van der Waals surface area contributed by atoms with E-state index < -0.39 is 0 Å². The van der Waals surface area contributed by atoms with Gasteiger partial charge in [-0.1, -0.05) is 44.3 Å². The summed E-state index contributed by atoms with van der Waals surface area (Å²) < 4.78 is 0. The van der Waals surface area contributed by atoms with E-state index in [9.17, 15) is 0 Å². The minimum Gasteiger partial charge on any atom is -0.122 e. The van der Waals surface area contributed by atoms with Gasteiger partial charge in [0.1, 0.15) is 0 Å². The SMILES string of the molecule is CC(=CCCl)CCCC(C)(Cl)CCCC(C)CCCC(C)(C)Cl. The fourth-order valence-electron chi connectivity index (χ4n) is 2.93. The van der Waals surface area contributed by atoms with Gasteiger partial charge in [0.05, 0.1) is 0 Å². The Labute approximate surface area is 160 Å². The Morgan fingerprint density at radius 3 is 2.00 bits per heavy atom. The molecule has 0 heterocycles. The fourth-order valence-corrected chi connectivity index (χ4v) is 3.59. The molecule has 2 atom stereocenters. The summed E-state index contributed by atoms with van der Waals surface area (Å²) in [6.07, 6.45) is 12.6. The third kappa shape index (κ3) is 15.9. The van der Waals surface area contributed by atoms with Crippen molar-refractivity contribution in [3.05, 3.63) is 11.6 Å². The Morgan fingerprint density at radius 2 is 1.48 bits per heavy atom. The normalized spacial score (nSPS) is 17.1. The van der Waals surface area contributed by atoms with Gasteiger partial charge in [0, 0.05) is 15.6 Å². The first kappa shape index (κ1) is 23.6. The predicted molar refractivity (Wildman–Crippen MR) is 109 cm³/mol. The summed E-state index contributed by atoms with van der Waals surface area (Å²) in [4.78, 5) is -0.108. The van der Waals surface area contributed by atoms with Gasteiger partial charge >= 0.3 is 0 Å². The van der Waals surface area contributed by atoms with E-state index >= 15 is 0 Å². The molecule has 0 aliphatic carbocycles. The lowest BCUT2D eigenvalue weighted by molar-refractivity contribution is 0.404. The minimum atomic E-state index is -0.0565. The summed E-state index contributed by atoms with van der Waals surface area (Å²) >= 11 is 18.6. The van der Waals surface area contributed by atoms with Gasteiger partial charge in [0.15, 0.2) is 0 Å². The molecule has 0 radical (unpaired) electrons. The minimum absolute atomic E-state index is 0.0511. The van der Waals surface area contributed by atoms with Crippen molar-refractivity contribution in [3.8, 4) is 0 Å². The highest BCUT2D eigenvalue weighted by Crippen LogP contribution is 2.30. The van der Waals surface area contributed by atoms with Crippen LogP contribution in [-0.2, 0) is 0 Å². The fraction of sp³-hybridized carbons (Fsp3) is 0.900. The molecule has 0 fully saturated rings. The lowest BCUT2D eigenvalue weighted by Gasteiger charge is -2.23. The first-order valence-electron chi connectivity index (χ1n) is 9.15. The molecule has 0 aromatic rings. The van der Waals surface area contributed by atoms with Gasteiger partial charge in [-0.2, -0.15) is 0 Å². The molecule has 0 spiro atoms. The van der Waals surface area contributed by atoms with Crippen LogP contribution >= 0.6 is 34.8 Å². The Balaban J connectivity index is 3.81. The van der Waals surface area contributed by atoms with Gasteiger partial charge < -0.3 is 0 Å². The van der Waals surface area contributed by atoms with Gasteiger partial charge in [-0.25, -0.2) is 0 Å². The number of halogens is 3. The third-order valence-electron chi connectivity index (χ3n) is 4.56. The predicted octanol–water partition coefficient (Wildman–Crippen LogP) is 8.33. The van der Waals surface area contributed by atoms with E-state index in [2.05, 4.69) is 40.7 Å². The van der Waals surface area contributed by atoms with Gasteiger partial charge in [-0.3, -0.25) is 0 Å². The highest BCUT2D eigenvalue weighted by Gasteiger charge is 2.20.